The van der Waals surface area contributed by atoms with Gasteiger partial charge < -0.3 is 15.2 Å². The smallest absolute Gasteiger partial charge is 0.189 e. The van der Waals surface area contributed by atoms with E-state index in [0.29, 0.717) is 5.56 Å². The van der Waals surface area contributed by atoms with Crippen molar-refractivity contribution in [1.29, 1.82) is 5.41 Å². The van der Waals surface area contributed by atoms with Crippen molar-refractivity contribution in [2.45, 2.75) is 12.8 Å². The van der Waals surface area contributed by atoms with Crippen molar-refractivity contribution in [1.82, 2.24) is 0 Å². The summed E-state index contributed by atoms with van der Waals surface area (Å²) in [5.41, 5.74) is 6.04. The van der Waals surface area contributed by atoms with Crippen LogP contribution in [-0.4, -0.2) is 19.2 Å². The molecule has 0 atom stereocenters. The lowest BCUT2D eigenvalue weighted by molar-refractivity contribution is 0.00998. The number of hydrogen-bond donors (Lipinski definition) is 2. The minimum atomic E-state index is 0.0662. The van der Waals surface area contributed by atoms with Gasteiger partial charge in [-0.15, -0.1) is 0 Å². The quantitative estimate of drug-likeness (QED) is 0.332. The van der Waals surface area contributed by atoms with Crippen LogP contribution in [0.1, 0.15) is 18.4 Å². The molecule has 0 aliphatic heterocycles. The third kappa shape index (κ3) is 3.24. The number of benzene rings is 1. The van der Waals surface area contributed by atoms with Gasteiger partial charge in [0.05, 0.1) is 6.61 Å². The van der Waals surface area contributed by atoms with E-state index in [4.69, 9.17) is 20.6 Å². The van der Waals surface area contributed by atoms with Gasteiger partial charge in [0.2, 0.25) is 0 Å². The molecule has 1 aromatic rings. The number of rotatable bonds is 6. The maximum Gasteiger partial charge on any atom is 0.189 e. The Morgan fingerprint density at radius 3 is 2.56 bits per heavy atom. The van der Waals surface area contributed by atoms with Crippen LogP contribution in [0.4, 0.5) is 0 Å². The Kier molecular flexibility index (Phi) is 3.41. The molecule has 0 amide bonds. The predicted octanol–water partition coefficient (Wildman–Crippen LogP) is 1.73. The van der Waals surface area contributed by atoms with Crippen molar-refractivity contribution < 1.29 is 9.47 Å². The van der Waals surface area contributed by atoms with Gasteiger partial charge in [-0.3, -0.25) is 5.41 Å². The van der Waals surface area contributed by atoms with Gasteiger partial charge >= 0.3 is 0 Å². The lowest BCUT2D eigenvalue weighted by atomic mass is 10.2. The van der Waals surface area contributed by atoms with E-state index < -0.39 is 0 Å². The standard InChI is InChI=1S/C12H16N2O2/c13-12(14)10-3-5-11(6-4-10)16-8-15-7-9-1-2-9/h3-6,9H,1-2,7-8H2,(H3,13,14). The van der Waals surface area contributed by atoms with Crippen molar-refractivity contribution in [3.8, 4) is 5.75 Å². The molecular formula is C12H16N2O2. The Labute approximate surface area is 94.9 Å². The number of nitrogen functional groups attached to an aromatic ring is 1. The number of amidine groups is 1. The third-order valence-corrected chi connectivity index (χ3v) is 2.52. The molecule has 0 bridgehead atoms. The fourth-order valence-electron chi connectivity index (χ4n) is 1.34. The summed E-state index contributed by atoms with van der Waals surface area (Å²) >= 11 is 0. The molecule has 1 saturated carbocycles. The fourth-order valence-corrected chi connectivity index (χ4v) is 1.34. The lowest BCUT2D eigenvalue weighted by Gasteiger charge is -2.07. The van der Waals surface area contributed by atoms with E-state index in [0.717, 1.165) is 18.3 Å². The summed E-state index contributed by atoms with van der Waals surface area (Å²) in [4.78, 5) is 0. The first-order chi connectivity index (χ1) is 7.75. The van der Waals surface area contributed by atoms with Crippen LogP contribution < -0.4 is 10.5 Å². The Balaban J connectivity index is 1.73. The molecule has 0 heterocycles. The number of hydrogen-bond acceptors (Lipinski definition) is 3. The van der Waals surface area contributed by atoms with E-state index in [-0.39, 0.29) is 12.6 Å². The van der Waals surface area contributed by atoms with Crippen LogP contribution in [0.5, 0.6) is 5.75 Å². The van der Waals surface area contributed by atoms with Gasteiger partial charge in [0, 0.05) is 5.56 Å². The van der Waals surface area contributed by atoms with Crippen molar-refractivity contribution >= 4 is 5.84 Å². The second kappa shape index (κ2) is 4.99. The summed E-state index contributed by atoms with van der Waals surface area (Å²) < 4.78 is 10.7. The molecule has 16 heavy (non-hydrogen) atoms. The first-order valence-corrected chi connectivity index (χ1v) is 5.40. The largest absolute Gasteiger partial charge is 0.468 e. The Hall–Kier alpha value is -1.55. The monoisotopic (exact) mass is 220 g/mol. The predicted molar refractivity (Wildman–Crippen MR) is 61.6 cm³/mol. The zero-order chi connectivity index (χ0) is 11.4. The fraction of sp³-hybridized carbons (Fsp3) is 0.417. The Bertz CT molecular complexity index is 358. The highest BCUT2D eigenvalue weighted by atomic mass is 16.7. The van der Waals surface area contributed by atoms with Gasteiger partial charge in [-0.25, -0.2) is 0 Å². The second-order valence-electron chi connectivity index (χ2n) is 4.01. The molecule has 4 heteroatoms. The average Bonchev–Trinajstić information content (AvgIpc) is 3.09. The zero-order valence-electron chi connectivity index (χ0n) is 9.11. The number of ether oxygens (including phenoxy) is 2. The molecule has 4 nitrogen and oxygen atoms in total. The second-order valence-corrected chi connectivity index (χ2v) is 4.01. The molecule has 3 N–H and O–H groups in total. The molecule has 1 aliphatic rings. The highest BCUT2D eigenvalue weighted by Gasteiger charge is 2.20. The van der Waals surface area contributed by atoms with E-state index in [2.05, 4.69) is 0 Å². The maximum atomic E-state index is 7.24. The van der Waals surface area contributed by atoms with Gasteiger partial charge in [0.1, 0.15) is 11.6 Å². The van der Waals surface area contributed by atoms with Crippen molar-refractivity contribution in [2.24, 2.45) is 11.7 Å². The normalized spacial score (nSPS) is 14.8. The molecule has 1 aliphatic carbocycles. The van der Waals surface area contributed by atoms with Crippen LogP contribution in [0, 0.1) is 11.3 Å². The molecule has 0 aromatic heterocycles. The summed E-state index contributed by atoms with van der Waals surface area (Å²) in [5.74, 6) is 1.56. The molecule has 0 unspecified atom stereocenters. The highest BCUT2D eigenvalue weighted by molar-refractivity contribution is 5.94. The molecule has 2 rings (SSSR count). The van der Waals surface area contributed by atoms with Gasteiger partial charge in [-0.2, -0.15) is 0 Å². The van der Waals surface area contributed by atoms with E-state index in [9.17, 15) is 0 Å². The number of nitrogens with two attached hydrogens (primary N) is 1. The summed E-state index contributed by atoms with van der Waals surface area (Å²) in [6, 6.07) is 7.10. The van der Waals surface area contributed by atoms with Crippen LogP contribution in [0.15, 0.2) is 24.3 Å². The zero-order valence-corrected chi connectivity index (χ0v) is 9.11. The van der Waals surface area contributed by atoms with Crippen molar-refractivity contribution in [2.75, 3.05) is 13.4 Å². The number of nitrogens with one attached hydrogen (secondary N) is 1. The first-order valence-electron chi connectivity index (χ1n) is 5.40. The van der Waals surface area contributed by atoms with Gasteiger partial charge in [0.25, 0.3) is 0 Å². The van der Waals surface area contributed by atoms with Gasteiger partial charge in [-0.1, -0.05) is 0 Å². The lowest BCUT2D eigenvalue weighted by Crippen LogP contribution is -2.10. The molecule has 0 spiro atoms. The van der Waals surface area contributed by atoms with E-state index in [1.54, 1.807) is 24.3 Å². The summed E-state index contributed by atoms with van der Waals surface area (Å²) in [7, 11) is 0. The molecular weight excluding hydrogens is 204 g/mol. The summed E-state index contributed by atoms with van der Waals surface area (Å²) in [6.45, 7) is 1.08. The van der Waals surface area contributed by atoms with E-state index in [1.807, 2.05) is 0 Å². The van der Waals surface area contributed by atoms with Crippen LogP contribution in [0.3, 0.4) is 0 Å². The Morgan fingerprint density at radius 1 is 1.31 bits per heavy atom. The minimum absolute atomic E-state index is 0.0662. The van der Waals surface area contributed by atoms with Crippen molar-refractivity contribution in [3.05, 3.63) is 29.8 Å². The van der Waals surface area contributed by atoms with Gasteiger partial charge in [-0.05, 0) is 43.0 Å². The Morgan fingerprint density at radius 2 is 2.00 bits per heavy atom. The molecule has 1 aromatic carbocycles. The van der Waals surface area contributed by atoms with E-state index >= 15 is 0 Å². The average molecular weight is 220 g/mol. The SMILES string of the molecule is N=C(N)c1ccc(OCOCC2CC2)cc1. The molecule has 0 saturated heterocycles. The molecule has 0 radical (unpaired) electrons. The maximum absolute atomic E-state index is 7.24. The summed E-state index contributed by atoms with van der Waals surface area (Å²) in [5, 5.41) is 7.24. The topological polar surface area (TPSA) is 68.3 Å². The summed E-state index contributed by atoms with van der Waals surface area (Å²) in [6.07, 6.45) is 2.57. The van der Waals surface area contributed by atoms with Crippen LogP contribution in [-0.2, 0) is 4.74 Å². The van der Waals surface area contributed by atoms with Crippen molar-refractivity contribution in [3.63, 3.8) is 0 Å². The molecule has 86 valence electrons. The van der Waals surface area contributed by atoms with Gasteiger partial charge in [0.15, 0.2) is 6.79 Å². The van der Waals surface area contributed by atoms with Crippen LogP contribution in [0.25, 0.3) is 0 Å². The first kappa shape index (κ1) is 11.0. The highest BCUT2D eigenvalue weighted by Crippen LogP contribution is 2.28. The van der Waals surface area contributed by atoms with Crippen LogP contribution in [0.2, 0.25) is 0 Å². The van der Waals surface area contributed by atoms with E-state index in [1.165, 1.54) is 12.8 Å². The molecule has 1 fully saturated rings. The third-order valence-electron chi connectivity index (χ3n) is 2.52. The minimum Gasteiger partial charge on any atom is -0.468 e. The van der Waals surface area contributed by atoms with Crippen LogP contribution >= 0.6 is 0 Å².